The van der Waals surface area contributed by atoms with Crippen LogP contribution in [0.4, 0.5) is 0 Å². The first kappa shape index (κ1) is 19.5. The molecule has 24 heavy (non-hydrogen) atoms. The van der Waals surface area contributed by atoms with Gasteiger partial charge < -0.3 is 15.0 Å². The Morgan fingerprint density at radius 1 is 1.33 bits per heavy atom. The van der Waals surface area contributed by atoms with Crippen molar-refractivity contribution in [3.05, 3.63) is 0 Å². The highest BCUT2D eigenvalue weighted by molar-refractivity contribution is 7.88. The molecule has 1 unspecified atom stereocenters. The number of likely N-dealkylation sites (N-methyl/N-ethyl adjacent to an activating group) is 1. The zero-order valence-electron chi connectivity index (χ0n) is 15.2. The number of rotatable bonds is 9. The minimum atomic E-state index is -3.08. The highest BCUT2D eigenvalue weighted by atomic mass is 32.2. The predicted octanol–water partition coefficient (Wildman–Crippen LogP) is 0.592. The number of ether oxygens (including phenoxy) is 1. The van der Waals surface area contributed by atoms with Crippen LogP contribution in [-0.2, 0) is 14.8 Å². The lowest BCUT2D eigenvalue weighted by Crippen LogP contribution is -2.41. The average molecular weight is 361 g/mol. The van der Waals surface area contributed by atoms with E-state index >= 15 is 0 Å². The van der Waals surface area contributed by atoms with Crippen molar-refractivity contribution >= 4 is 16.0 Å². The van der Waals surface area contributed by atoms with Gasteiger partial charge in [0.25, 0.3) is 0 Å². The SMILES string of the molecule is CCNC(=NCC1CCN(S(C)(=O)=O)C1)N(C)CCOCC1CC1. The molecule has 1 atom stereocenters. The summed E-state index contributed by atoms with van der Waals surface area (Å²) in [4.78, 5) is 6.78. The van der Waals surface area contributed by atoms with Crippen molar-refractivity contribution in [2.45, 2.75) is 26.2 Å². The van der Waals surface area contributed by atoms with Crippen LogP contribution in [-0.4, -0.2) is 82.8 Å². The zero-order valence-corrected chi connectivity index (χ0v) is 16.0. The average Bonchev–Trinajstić information content (AvgIpc) is 3.21. The number of nitrogens with one attached hydrogen (secondary N) is 1. The molecule has 1 aliphatic carbocycles. The van der Waals surface area contributed by atoms with Gasteiger partial charge in [-0.2, -0.15) is 0 Å². The summed E-state index contributed by atoms with van der Waals surface area (Å²) in [5.41, 5.74) is 0. The molecule has 8 heteroatoms. The Hall–Kier alpha value is -0.860. The summed E-state index contributed by atoms with van der Waals surface area (Å²) >= 11 is 0. The summed E-state index contributed by atoms with van der Waals surface area (Å²) in [5.74, 6) is 1.95. The van der Waals surface area contributed by atoms with Gasteiger partial charge in [-0.25, -0.2) is 12.7 Å². The van der Waals surface area contributed by atoms with Gasteiger partial charge in [-0.3, -0.25) is 4.99 Å². The molecule has 0 aromatic rings. The van der Waals surface area contributed by atoms with Crippen molar-refractivity contribution in [3.8, 4) is 0 Å². The molecular formula is C16H32N4O3S. The third-order valence-electron chi connectivity index (χ3n) is 4.53. The second-order valence-electron chi connectivity index (χ2n) is 6.91. The fourth-order valence-electron chi connectivity index (χ4n) is 2.77. The number of nitrogens with zero attached hydrogens (tertiary/aromatic N) is 3. The molecule has 1 N–H and O–H groups in total. The largest absolute Gasteiger partial charge is 0.379 e. The van der Waals surface area contributed by atoms with E-state index in [0.717, 1.165) is 38.0 Å². The van der Waals surface area contributed by atoms with E-state index in [-0.39, 0.29) is 0 Å². The van der Waals surface area contributed by atoms with Gasteiger partial charge in [0.05, 0.1) is 12.9 Å². The summed E-state index contributed by atoms with van der Waals surface area (Å²) in [6.45, 7) is 7.10. The molecule has 0 radical (unpaired) electrons. The molecular weight excluding hydrogens is 328 g/mol. The van der Waals surface area contributed by atoms with Crippen molar-refractivity contribution < 1.29 is 13.2 Å². The van der Waals surface area contributed by atoms with E-state index in [1.54, 1.807) is 4.31 Å². The molecule has 2 rings (SSSR count). The summed E-state index contributed by atoms with van der Waals surface area (Å²) in [6, 6.07) is 0. The highest BCUT2D eigenvalue weighted by Crippen LogP contribution is 2.28. The Morgan fingerprint density at radius 3 is 2.67 bits per heavy atom. The van der Waals surface area contributed by atoms with Crippen molar-refractivity contribution in [2.24, 2.45) is 16.8 Å². The molecule has 0 aromatic heterocycles. The van der Waals surface area contributed by atoms with Crippen molar-refractivity contribution in [1.29, 1.82) is 0 Å². The van der Waals surface area contributed by atoms with Gasteiger partial charge in [0.2, 0.25) is 10.0 Å². The maximum atomic E-state index is 11.6. The molecule has 1 aliphatic heterocycles. The molecule has 2 aliphatic rings. The maximum absolute atomic E-state index is 11.6. The maximum Gasteiger partial charge on any atom is 0.211 e. The molecule has 0 aromatic carbocycles. The Labute approximate surface area is 146 Å². The van der Waals surface area contributed by atoms with Crippen LogP contribution in [0.5, 0.6) is 0 Å². The second kappa shape index (κ2) is 9.01. The third kappa shape index (κ3) is 6.57. The predicted molar refractivity (Wildman–Crippen MR) is 96.7 cm³/mol. The molecule has 2 fully saturated rings. The van der Waals surface area contributed by atoms with E-state index in [4.69, 9.17) is 9.73 Å². The third-order valence-corrected chi connectivity index (χ3v) is 5.80. The smallest absolute Gasteiger partial charge is 0.211 e. The van der Waals surface area contributed by atoms with Crippen LogP contribution >= 0.6 is 0 Å². The van der Waals surface area contributed by atoms with E-state index in [9.17, 15) is 8.42 Å². The van der Waals surface area contributed by atoms with Crippen LogP contribution in [0.15, 0.2) is 4.99 Å². The lowest BCUT2D eigenvalue weighted by Gasteiger charge is -2.22. The van der Waals surface area contributed by atoms with Crippen LogP contribution < -0.4 is 5.32 Å². The Kier molecular flexibility index (Phi) is 7.31. The number of sulfonamides is 1. The summed E-state index contributed by atoms with van der Waals surface area (Å²) in [6.07, 6.45) is 4.78. The molecule has 140 valence electrons. The number of aliphatic imine (C=N–C) groups is 1. The lowest BCUT2D eigenvalue weighted by molar-refractivity contribution is 0.115. The first-order valence-electron chi connectivity index (χ1n) is 8.92. The van der Waals surface area contributed by atoms with Crippen LogP contribution in [0.1, 0.15) is 26.2 Å². The first-order chi connectivity index (χ1) is 11.4. The van der Waals surface area contributed by atoms with Crippen molar-refractivity contribution in [2.75, 3.05) is 59.2 Å². The van der Waals surface area contributed by atoms with Crippen molar-refractivity contribution in [3.63, 3.8) is 0 Å². The van der Waals surface area contributed by atoms with Crippen LogP contribution in [0, 0.1) is 11.8 Å². The first-order valence-corrected chi connectivity index (χ1v) is 10.8. The fourth-order valence-corrected chi connectivity index (χ4v) is 3.69. The van der Waals surface area contributed by atoms with Gasteiger partial charge in [-0.1, -0.05) is 0 Å². The van der Waals surface area contributed by atoms with Crippen LogP contribution in [0.2, 0.25) is 0 Å². The molecule has 1 saturated carbocycles. The van der Waals surface area contributed by atoms with Gasteiger partial charge >= 0.3 is 0 Å². The lowest BCUT2D eigenvalue weighted by atomic mass is 10.1. The minimum absolute atomic E-state index is 0.299. The second-order valence-corrected chi connectivity index (χ2v) is 8.89. The number of hydrogen-bond acceptors (Lipinski definition) is 4. The molecule has 7 nitrogen and oxygen atoms in total. The van der Waals surface area contributed by atoms with Crippen LogP contribution in [0.3, 0.4) is 0 Å². The minimum Gasteiger partial charge on any atom is -0.379 e. The van der Waals surface area contributed by atoms with E-state index in [1.807, 2.05) is 14.0 Å². The van der Waals surface area contributed by atoms with Gasteiger partial charge in [-0.05, 0) is 38.0 Å². The van der Waals surface area contributed by atoms with Gasteiger partial charge in [0.15, 0.2) is 5.96 Å². The normalized spacial score (nSPS) is 22.8. The van der Waals surface area contributed by atoms with Gasteiger partial charge in [-0.15, -0.1) is 0 Å². The van der Waals surface area contributed by atoms with E-state index in [2.05, 4.69) is 10.2 Å². The Morgan fingerprint density at radius 2 is 2.08 bits per heavy atom. The van der Waals surface area contributed by atoms with E-state index < -0.39 is 10.0 Å². The monoisotopic (exact) mass is 360 g/mol. The van der Waals surface area contributed by atoms with Crippen molar-refractivity contribution in [1.82, 2.24) is 14.5 Å². The Bertz CT molecular complexity index is 519. The summed E-state index contributed by atoms with van der Waals surface area (Å²) in [5, 5.41) is 3.30. The molecule has 1 saturated heterocycles. The van der Waals surface area contributed by atoms with Crippen LogP contribution in [0.25, 0.3) is 0 Å². The van der Waals surface area contributed by atoms with Gasteiger partial charge in [0.1, 0.15) is 0 Å². The zero-order chi connectivity index (χ0) is 17.6. The topological polar surface area (TPSA) is 74.2 Å². The highest BCUT2D eigenvalue weighted by Gasteiger charge is 2.28. The fraction of sp³-hybridized carbons (Fsp3) is 0.938. The standard InChI is InChI=1S/C16H32N4O3S/c1-4-17-16(19(2)9-10-23-13-14-5-6-14)18-11-15-7-8-20(12-15)24(3,21)22/h14-15H,4-13H2,1-3H3,(H,17,18). The summed E-state index contributed by atoms with van der Waals surface area (Å²) in [7, 11) is -1.06. The quantitative estimate of drug-likeness (QED) is 0.370. The molecule has 1 heterocycles. The number of hydrogen-bond donors (Lipinski definition) is 1. The molecule has 0 spiro atoms. The van der Waals surface area contributed by atoms with E-state index in [1.165, 1.54) is 19.1 Å². The summed E-state index contributed by atoms with van der Waals surface area (Å²) < 4.78 is 30.4. The Balaban J connectivity index is 1.76. The molecule has 0 bridgehead atoms. The van der Waals surface area contributed by atoms with Gasteiger partial charge in [0, 0.05) is 46.4 Å². The number of guanidine groups is 1. The van der Waals surface area contributed by atoms with E-state index in [0.29, 0.717) is 32.2 Å². The molecule has 0 amide bonds.